The van der Waals surface area contributed by atoms with Crippen molar-refractivity contribution >= 4 is 17.3 Å². The molecule has 0 spiro atoms. The lowest BCUT2D eigenvalue weighted by Crippen LogP contribution is -2.29. The van der Waals surface area contributed by atoms with Gasteiger partial charge < -0.3 is 15.4 Å². The number of anilines is 2. The summed E-state index contributed by atoms with van der Waals surface area (Å²) in [6.45, 7) is 5.82. The van der Waals surface area contributed by atoms with Crippen molar-refractivity contribution in [1.82, 2.24) is 0 Å². The van der Waals surface area contributed by atoms with Gasteiger partial charge in [0.1, 0.15) is 0 Å². The summed E-state index contributed by atoms with van der Waals surface area (Å²) in [5.74, 6) is 0.116. The zero-order valence-corrected chi connectivity index (χ0v) is 11.0. The number of nitrogens with two attached hydrogens (primary N) is 1. The summed E-state index contributed by atoms with van der Waals surface area (Å²) in [7, 11) is 0. The minimum absolute atomic E-state index is 0.116. The van der Waals surface area contributed by atoms with E-state index >= 15 is 0 Å². The van der Waals surface area contributed by atoms with Crippen LogP contribution in [0.25, 0.3) is 0 Å². The molecule has 0 radical (unpaired) electrons. The molecule has 2 N–H and O–H groups in total. The zero-order chi connectivity index (χ0) is 13.1. The van der Waals surface area contributed by atoms with Crippen LogP contribution in [0.2, 0.25) is 0 Å². The Kier molecular flexibility index (Phi) is 3.87. The van der Waals surface area contributed by atoms with Crippen LogP contribution in [0.1, 0.15) is 24.5 Å². The van der Waals surface area contributed by atoms with E-state index in [-0.39, 0.29) is 5.91 Å². The van der Waals surface area contributed by atoms with Crippen LogP contribution in [0.4, 0.5) is 11.4 Å². The molecule has 0 bridgehead atoms. The number of nitrogens with zero attached hydrogens (tertiary/aromatic N) is 1. The highest BCUT2D eigenvalue weighted by molar-refractivity contribution is 5.96. The fraction of sp³-hybridized carbons (Fsp3) is 0.500. The molecule has 18 heavy (non-hydrogen) atoms. The van der Waals surface area contributed by atoms with E-state index in [0.717, 1.165) is 29.9 Å². The largest absolute Gasteiger partial charge is 0.398 e. The van der Waals surface area contributed by atoms with Gasteiger partial charge in [-0.2, -0.15) is 0 Å². The summed E-state index contributed by atoms with van der Waals surface area (Å²) in [4.78, 5) is 13.9. The van der Waals surface area contributed by atoms with Crippen LogP contribution in [0, 0.1) is 6.92 Å². The highest BCUT2D eigenvalue weighted by Gasteiger charge is 2.24. The molecule has 1 aromatic rings. The summed E-state index contributed by atoms with van der Waals surface area (Å²) >= 11 is 0. The van der Waals surface area contributed by atoms with Crippen LogP contribution in [-0.4, -0.2) is 25.7 Å². The minimum Gasteiger partial charge on any atom is -0.398 e. The number of ether oxygens (including phenoxy) is 1. The zero-order valence-electron chi connectivity index (χ0n) is 11.0. The molecule has 4 nitrogen and oxygen atoms in total. The molecule has 0 saturated carbocycles. The number of carbonyl (C=O) groups is 1. The van der Waals surface area contributed by atoms with Crippen LogP contribution in [-0.2, 0) is 16.0 Å². The number of carbonyl (C=O) groups excluding carboxylic acids is 1. The van der Waals surface area contributed by atoms with Crippen molar-refractivity contribution in [3.63, 3.8) is 0 Å². The number of amides is 1. The van der Waals surface area contributed by atoms with Gasteiger partial charge in [0.15, 0.2) is 0 Å². The Morgan fingerprint density at radius 2 is 2.28 bits per heavy atom. The normalized spacial score (nSPS) is 13.8. The number of rotatable bonds is 4. The minimum atomic E-state index is 0.116. The van der Waals surface area contributed by atoms with Crippen molar-refractivity contribution in [2.75, 3.05) is 30.4 Å². The molecule has 1 aliphatic heterocycles. The summed E-state index contributed by atoms with van der Waals surface area (Å²) < 4.78 is 5.22. The van der Waals surface area contributed by atoms with E-state index in [1.807, 2.05) is 24.8 Å². The molecule has 0 atom stereocenters. The lowest BCUT2D eigenvalue weighted by atomic mass is 10.1. The summed E-state index contributed by atoms with van der Waals surface area (Å²) in [5.41, 5.74) is 9.93. The first-order valence-electron chi connectivity index (χ1n) is 6.40. The number of hydrogen-bond acceptors (Lipinski definition) is 3. The Labute approximate surface area is 108 Å². The fourth-order valence-corrected chi connectivity index (χ4v) is 2.27. The molecule has 1 amide bonds. The summed E-state index contributed by atoms with van der Waals surface area (Å²) in [5, 5.41) is 0. The second-order valence-corrected chi connectivity index (χ2v) is 4.58. The third-order valence-electron chi connectivity index (χ3n) is 3.33. The van der Waals surface area contributed by atoms with E-state index in [1.165, 1.54) is 5.56 Å². The maximum absolute atomic E-state index is 12.1. The van der Waals surface area contributed by atoms with E-state index in [2.05, 4.69) is 6.07 Å². The van der Waals surface area contributed by atoms with Crippen molar-refractivity contribution in [3.05, 3.63) is 23.3 Å². The van der Waals surface area contributed by atoms with Gasteiger partial charge >= 0.3 is 0 Å². The molecule has 1 heterocycles. The lowest BCUT2D eigenvalue weighted by Gasteiger charge is -2.18. The van der Waals surface area contributed by atoms with Crippen LogP contribution >= 0.6 is 0 Å². The molecule has 0 saturated heterocycles. The van der Waals surface area contributed by atoms with E-state index in [4.69, 9.17) is 10.5 Å². The standard InChI is InChI=1S/C14H20N2O2/c1-3-18-7-5-14(17)16-6-4-11-8-10(2)12(15)9-13(11)16/h8-9H,3-7,15H2,1-2H3. The molecule has 0 aromatic heterocycles. The van der Waals surface area contributed by atoms with E-state index in [0.29, 0.717) is 19.6 Å². The second kappa shape index (κ2) is 5.40. The third kappa shape index (κ3) is 2.48. The van der Waals surface area contributed by atoms with Gasteiger partial charge in [0.25, 0.3) is 0 Å². The topological polar surface area (TPSA) is 55.6 Å². The van der Waals surface area contributed by atoms with Crippen molar-refractivity contribution in [3.8, 4) is 0 Å². The number of aryl methyl sites for hydroxylation is 1. The Morgan fingerprint density at radius 3 is 3.00 bits per heavy atom. The van der Waals surface area contributed by atoms with Gasteiger partial charge in [-0.25, -0.2) is 0 Å². The first kappa shape index (κ1) is 12.9. The predicted octanol–water partition coefficient (Wildman–Crippen LogP) is 1.89. The third-order valence-corrected chi connectivity index (χ3v) is 3.33. The number of hydrogen-bond donors (Lipinski definition) is 1. The van der Waals surface area contributed by atoms with E-state index in [9.17, 15) is 4.79 Å². The fourth-order valence-electron chi connectivity index (χ4n) is 2.27. The smallest absolute Gasteiger partial charge is 0.229 e. The molecule has 2 rings (SSSR count). The lowest BCUT2D eigenvalue weighted by molar-refractivity contribution is -0.119. The van der Waals surface area contributed by atoms with Gasteiger partial charge in [-0.15, -0.1) is 0 Å². The van der Waals surface area contributed by atoms with Gasteiger partial charge in [-0.1, -0.05) is 6.07 Å². The van der Waals surface area contributed by atoms with Crippen LogP contribution in [0.3, 0.4) is 0 Å². The molecule has 98 valence electrons. The molecule has 0 fully saturated rings. The van der Waals surface area contributed by atoms with Gasteiger partial charge in [-0.3, -0.25) is 4.79 Å². The number of fused-ring (bicyclic) bond motifs is 1. The molecule has 0 unspecified atom stereocenters. The molecule has 1 aliphatic rings. The maximum Gasteiger partial charge on any atom is 0.229 e. The summed E-state index contributed by atoms with van der Waals surface area (Å²) in [6.07, 6.45) is 1.35. The van der Waals surface area contributed by atoms with Crippen molar-refractivity contribution in [2.45, 2.75) is 26.7 Å². The first-order chi connectivity index (χ1) is 8.63. The molecule has 4 heteroatoms. The van der Waals surface area contributed by atoms with Crippen molar-refractivity contribution in [1.29, 1.82) is 0 Å². The van der Waals surface area contributed by atoms with Gasteiger partial charge in [0.2, 0.25) is 5.91 Å². The SMILES string of the molecule is CCOCCC(=O)N1CCc2cc(C)c(N)cc21. The quantitative estimate of drug-likeness (QED) is 0.654. The maximum atomic E-state index is 12.1. The van der Waals surface area contributed by atoms with Crippen molar-refractivity contribution in [2.24, 2.45) is 0 Å². The highest BCUT2D eigenvalue weighted by atomic mass is 16.5. The van der Waals surface area contributed by atoms with Gasteiger partial charge in [0.05, 0.1) is 13.0 Å². The Hall–Kier alpha value is -1.55. The van der Waals surface area contributed by atoms with Crippen molar-refractivity contribution < 1.29 is 9.53 Å². The van der Waals surface area contributed by atoms with Crippen LogP contribution in [0.15, 0.2) is 12.1 Å². The summed E-state index contributed by atoms with van der Waals surface area (Å²) in [6, 6.07) is 4.00. The Morgan fingerprint density at radius 1 is 1.50 bits per heavy atom. The average molecular weight is 248 g/mol. The van der Waals surface area contributed by atoms with Gasteiger partial charge in [0, 0.05) is 24.5 Å². The predicted molar refractivity (Wildman–Crippen MR) is 72.8 cm³/mol. The molecule has 1 aromatic carbocycles. The highest BCUT2D eigenvalue weighted by Crippen LogP contribution is 2.32. The number of benzene rings is 1. The monoisotopic (exact) mass is 248 g/mol. The Balaban J connectivity index is 2.11. The number of nitrogen functional groups attached to an aromatic ring is 1. The van der Waals surface area contributed by atoms with Gasteiger partial charge in [-0.05, 0) is 37.5 Å². The Bertz CT molecular complexity index is 457. The second-order valence-electron chi connectivity index (χ2n) is 4.58. The molecular weight excluding hydrogens is 228 g/mol. The van der Waals surface area contributed by atoms with E-state index < -0.39 is 0 Å². The average Bonchev–Trinajstić information content (AvgIpc) is 2.73. The molecule has 0 aliphatic carbocycles. The van der Waals surface area contributed by atoms with E-state index in [1.54, 1.807) is 0 Å². The van der Waals surface area contributed by atoms with Crippen LogP contribution in [0.5, 0.6) is 0 Å². The first-order valence-corrected chi connectivity index (χ1v) is 6.40. The van der Waals surface area contributed by atoms with Crippen LogP contribution < -0.4 is 10.6 Å². The molecular formula is C14H20N2O2.